The van der Waals surface area contributed by atoms with Crippen molar-refractivity contribution in [2.24, 2.45) is 0 Å². The van der Waals surface area contributed by atoms with Gasteiger partial charge in [-0.2, -0.15) is 0 Å². The fourth-order valence-electron chi connectivity index (χ4n) is 1.98. The number of fused-ring (bicyclic) bond motifs is 1. The minimum Gasteiger partial charge on any atom is -0.306 e. The Morgan fingerprint density at radius 3 is 2.81 bits per heavy atom. The lowest BCUT2D eigenvalue weighted by atomic mass is 10.1. The van der Waals surface area contributed by atoms with Gasteiger partial charge in [0, 0.05) is 12.1 Å². The van der Waals surface area contributed by atoms with Gasteiger partial charge in [-0.25, -0.2) is 9.67 Å². The van der Waals surface area contributed by atoms with Crippen molar-refractivity contribution in [3.8, 4) is 0 Å². The summed E-state index contributed by atoms with van der Waals surface area (Å²) in [5, 5.41) is 12.8. The predicted octanol–water partition coefficient (Wildman–Crippen LogP) is 2.82. The van der Waals surface area contributed by atoms with Crippen molar-refractivity contribution in [2.75, 3.05) is 0 Å². The van der Waals surface area contributed by atoms with Gasteiger partial charge < -0.3 is 5.32 Å². The van der Waals surface area contributed by atoms with Crippen molar-refractivity contribution in [1.29, 1.82) is 0 Å². The van der Waals surface area contributed by atoms with E-state index < -0.39 is 0 Å². The van der Waals surface area contributed by atoms with Crippen molar-refractivity contribution in [1.82, 2.24) is 25.3 Å². The van der Waals surface area contributed by atoms with Gasteiger partial charge in [-0.15, -0.1) is 16.4 Å². The van der Waals surface area contributed by atoms with E-state index in [-0.39, 0.29) is 5.54 Å². The standard InChI is InChI=1S/C15H19N5S/c1-15(2,3)16-8-11-9-20(19-18-11)10-14-17-12-6-4-5-7-13(12)21-14/h4-7,9,16H,8,10H2,1-3H3. The number of nitrogens with zero attached hydrogens (tertiary/aromatic N) is 4. The molecular weight excluding hydrogens is 282 g/mol. The molecule has 0 aliphatic carbocycles. The molecule has 1 aromatic carbocycles. The highest BCUT2D eigenvalue weighted by Gasteiger charge is 2.11. The van der Waals surface area contributed by atoms with Crippen LogP contribution in [0.3, 0.4) is 0 Å². The average molecular weight is 301 g/mol. The summed E-state index contributed by atoms with van der Waals surface area (Å²) in [4.78, 5) is 4.62. The molecule has 0 fully saturated rings. The number of thiazole rings is 1. The third-order valence-electron chi connectivity index (χ3n) is 3.02. The van der Waals surface area contributed by atoms with Gasteiger partial charge in [-0.1, -0.05) is 17.3 Å². The molecular formula is C15H19N5S. The Kier molecular flexibility index (Phi) is 3.73. The molecule has 21 heavy (non-hydrogen) atoms. The second-order valence-corrected chi connectivity index (χ2v) is 7.20. The minimum absolute atomic E-state index is 0.0802. The molecule has 3 aromatic rings. The summed E-state index contributed by atoms with van der Waals surface area (Å²) in [6, 6.07) is 8.18. The smallest absolute Gasteiger partial charge is 0.115 e. The topological polar surface area (TPSA) is 55.6 Å². The van der Waals surface area contributed by atoms with Crippen molar-refractivity contribution >= 4 is 21.6 Å². The molecule has 0 saturated carbocycles. The van der Waals surface area contributed by atoms with Gasteiger partial charge in [0.25, 0.3) is 0 Å². The molecule has 0 aliphatic heterocycles. The summed E-state index contributed by atoms with van der Waals surface area (Å²) >= 11 is 1.70. The molecule has 0 unspecified atom stereocenters. The first-order chi connectivity index (χ1) is 9.99. The summed E-state index contributed by atoms with van der Waals surface area (Å²) in [5.74, 6) is 0. The Morgan fingerprint density at radius 1 is 1.24 bits per heavy atom. The normalized spacial score (nSPS) is 12.1. The molecule has 2 aromatic heterocycles. The van der Waals surface area contributed by atoms with Crippen LogP contribution < -0.4 is 5.32 Å². The molecule has 0 radical (unpaired) electrons. The van der Waals surface area contributed by atoms with Gasteiger partial charge in [0.05, 0.1) is 28.7 Å². The monoisotopic (exact) mass is 301 g/mol. The highest BCUT2D eigenvalue weighted by molar-refractivity contribution is 7.18. The van der Waals surface area contributed by atoms with E-state index in [2.05, 4.69) is 47.5 Å². The van der Waals surface area contributed by atoms with Gasteiger partial charge >= 0.3 is 0 Å². The van der Waals surface area contributed by atoms with Crippen LogP contribution in [0, 0.1) is 0 Å². The number of benzene rings is 1. The van der Waals surface area contributed by atoms with E-state index >= 15 is 0 Å². The number of rotatable bonds is 4. The van der Waals surface area contributed by atoms with E-state index in [0.29, 0.717) is 6.54 Å². The SMILES string of the molecule is CC(C)(C)NCc1cn(Cc2nc3ccccc3s2)nn1. The van der Waals surface area contributed by atoms with E-state index in [1.807, 2.05) is 29.1 Å². The Bertz CT molecular complexity index is 705. The maximum Gasteiger partial charge on any atom is 0.115 e. The van der Waals surface area contributed by atoms with Gasteiger partial charge in [0.15, 0.2) is 0 Å². The van der Waals surface area contributed by atoms with Crippen LogP contribution in [0.5, 0.6) is 0 Å². The molecule has 0 amide bonds. The molecule has 5 nitrogen and oxygen atoms in total. The average Bonchev–Trinajstić information content (AvgIpc) is 3.01. The molecule has 2 heterocycles. The number of aromatic nitrogens is 4. The predicted molar refractivity (Wildman–Crippen MR) is 85.3 cm³/mol. The molecule has 0 atom stereocenters. The largest absolute Gasteiger partial charge is 0.306 e. The second kappa shape index (κ2) is 5.54. The third-order valence-corrected chi connectivity index (χ3v) is 4.04. The van der Waals surface area contributed by atoms with Crippen LogP contribution in [-0.2, 0) is 13.1 Å². The first-order valence-electron chi connectivity index (χ1n) is 6.98. The highest BCUT2D eigenvalue weighted by Crippen LogP contribution is 2.21. The van der Waals surface area contributed by atoms with Crippen LogP contribution in [-0.4, -0.2) is 25.5 Å². The van der Waals surface area contributed by atoms with Gasteiger partial charge in [0.2, 0.25) is 0 Å². The van der Waals surface area contributed by atoms with Gasteiger partial charge in [0.1, 0.15) is 5.01 Å². The lowest BCUT2D eigenvalue weighted by Gasteiger charge is -2.19. The van der Waals surface area contributed by atoms with Crippen molar-refractivity contribution in [3.63, 3.8) is 0 Å². The van der Waals surface area contributed by atoms with Gasteiger partial charge in [-0.05, 0) is 32.9 Å². The maximum atomic E-state index is 4.62. The van der Waals surface area contributed by atoms with E-state index in [4.69, 9.17) is 0 Å². The Balaban J connectivity index is 1.69. The van der Waals surface area contributed by atoms with Crippen LogP contribution >= 0.6 is 11.3 Å². The number of hydrogen-bond acceptors (Lipinski definition) is 5. The van der Waals surface area contributed by atoms with Gasteiger partial charge in [-0.3, -0.25) is 0 Å². The Hall–Kier alpha value is -1.79. The van der Waals surface area contributed by atoms with Crippen LogP contribution in [0.4, 0.5) is 0 Å². The lowest BCUT2D eigenvalue weighted by molar-refractivity contribution is 0.421. The van der Waals surface area contributed by atoms with E-state index in [0.717, 1.165) is 22.8 Å². The molecule has 0 saturated heterocycles. The number of nitrogens with one attached hydrogen (secondary N) is 1. The Labute approximate surface area is 128 Å². The number of para-hydroxylation sites is 1. The van der Waals surface area contributed by atoms with Crippen LogP contribution in [0.15, 0.2) is 30.5 Å². The molecule has 6 heteroatoms. The zero-order valence-corrected chi connectivity index (χ0v) is 13.3. The van der Waals surface area contributed by atoms with Crippen LogP contribution in [0.25, 0.3) is 10.2 Å². The quantitative estimate of drug-likeness (QED) is 0.805. The molecule has 110 valence electrons. The third kappa shape index (κ3) is 3.65. The van der Waals surface area contributed by atoms with Crippen LogP contribution in [0.1, 0.15) is 31.5 Å². The fourth-order valence-corrected chi connectivity index (χ4v) is 2.94. The fraction of sp³-hybridized carbons (Fsp3) is 0.400. The molecule has 1 N–H and O–H groups in total. The summed E-state index contributed by atoms with van der Waals surface area (Å²) < 4.78 is 3.06. The lowest BCUT2D eigenvalue weighted by Crippen LogP contribution is -2.35. The molecule has 0 spiro atoms. The van der Waals surface area contributed by atoms with Crippen molar-refractivity contribution in [3.05, 3.63) is 41.2 Å². The molecule has 3 rings (SSSR count). The van der Waals surface area contributed by atoms with Crippen molar-refractivity contribution < 1.29 is 0 Å². The molecule has 0 aliphatic rings. The minimum atomic E-state index is 0.0802. The van der Waals surface area contributed by atoms with Crippen molar-refractivity contribution in [2.45, 2.75) is 39.4 Å². The first-order valence-corrected chi connectivity index (χ1v) is 7.80. The zero-order valence-electron chi connectivity index (χ0n) is 12.5. The van der Waals surface area contributed by atoms with E-state index in [1.165, 1.54) is 4.70 Å². The zero-order chi connectivity index (χ0) is 14.9. The summed E-state index contributed by atoms with van der Waals surface area (Å²) in [6.07, 6.45) is 1.98. The van der Waals surface area contributed by atoms with E-state index in [9.17, 15) is 0 Å². The highest BCUT2D eigenvalue weighted by atomic mass is 32.1. The Morgan fingerprint density at radius 2 is 2.05 bits per heavy atom. The first kappa shape index (κ1) is 14.2. The van der Waals surface area contributed by atoms with E-state index in [1.54, 1.807) is 11.3 Å². The summed E-state index contributed by atoms with van der Waals surface area (Å²) in [7, 11) is 0. The maximum absolute atomic E-state index is 4.62. The number of hydrogen-bond donors (Lipinski definition) is 1. The second-order valence-electron chi connectivity index (χ2n) is 6.09. The summed E-state index contributed by atoms with van der Waals surface area (Å²) in [5.41, 5.74) is 2.08. The van der Waals surface area contributed by atoms with Crippen LogP contribution in [0.2, 0.25) is 0 Å². The summed E-state index contributed by atoms with van der Waals surface area (Å²) in [6.45, 7) is 7.81. The molecule has 0 bridgehead atoms.